The van der Waals surface area contributed by atoms with Gasteiger partial charge in [-0.3, -0.25) is 4.98 Å². The van der Waals surface area contributed by atoms with Crippen LogP contribution in [0.1, 0.15) is 32.0 Å². The molecule has 0 saturated heterocycles. The zero-order valence-corrected chi connectivity index (χ0v) is 18.0. The minimum Gasteiger partial charge on any atom is -0.483 e. The van der Waals surface area contributed by atoms with E-state index in [4.69, 9.17) is 9.47 Å². The lowest BCUT2D eigenvalue weighted by Crippen LogP contribution is -2.42. The molecule has 0 aliphatic carbocycles. The third kappa shape index (κ3) is 4.80. The SMILES string of the molecule is COc1ncncc1C(O)(c1cccc(-c2ccc(OCC(F)(F)F)cn2)n1)C(C)(C)C. The molecule has 0 amide bonds. The number of nitrogens with zero attached hydrogens (tertiary/aromatic N) is 4. The Bertz CT molecular complexity index is 1070. The van der Waals surface area contributed by atoms with E-state index in [-0.39, 0.29) is 11.6 Å². The second-order valence-electron chi connectivity index (χ2n) is 8.10. The largest absolute Gasteiger partial charge is 0.483 e. The molecule has 0 bridgehead atoms. The summed E-state index contributed by atoms with van der Waals surface area (Å²) in [4.78, 5) is 16.9. The van der Waals surface area contributed by atoms with Gasteiger partial charge in [0.1, 0.15) is 17.7 Å². The van der Waals surface area contributed by atoms with Crippen molar-refractivity contribution in [2.45, 2.75) is 32.5 Å². The van der Waals surface area contributed by atoms with E-state index in [0.717, 1.165) is 0 Å². The molecule has 0 spiro atoms. The molecule has 3 aromatic rings. The molecule has 3 aromatic heterocycles. The van der Waals surface area contributed by atoms with Crippen molar-refractivity contribution in [1.82, 2.24) is 19.9 Å². The first-order valence-corrected chi connectivity index (χ1v) is 9.66. The van der Waals surface area contributed by atoms with Gasteiger partial charge in [-0.05, 0) is 24.3 Å². The Morgan fingerprint density at radius 1 is 0.969 bits per heavy atom. The molecule has 0 aliphatic rings. The van der Waals surface area contributed by atoms with E-state index >= 15 is 0 Å². The Labute approximate surface area is 183 Å². The van der Waals surface area contributed by atoms with Crippen molar-refractivity contribution in [3.05, 3.63) is 60.3 Å². The van der Waals surface area contributed by atoms with E-state index in [2.05, 4.69) is 19.9 Å². The minimum atomic E-state index is -4.44. The second-order valence-corrected chi connectivity index (χ2v) is 8.10. The maximum absolute atomic E-state index is 12.3. The van der Waals surface area contributed by atoms with Crippen LogP contribution < -0.4 is 9.47 Å². The molecule has 0 radical (unpaired) electrons. The van der Waals surface area contributed by atoms with E-state index < -0.39 is 23.8 Å². The van der Waals surface area contributed by atoms with Gasteiger partial charge in [0.25, 0.3) is 0 Å². The molecule has 1 N–H and O–H groups in total. The van der Waals surface area contributed by atoms with Crippen LogP contribution in [0.3, 0.4) is 0 Å². The van der Waals surface area contributed by atoms with Crippen LogP contribution in [0.5, 0.6) is 11.6 Å². The highest BCUT2D eigenvalue weighted by molar-refractivity contribution is 5.55. The number of alkyl halides is 3. The van der Waals surface area contributed by atoms with E-state index in [1.54, 1.807) is 18.2 Å². The Morgan fingerprint density at radius 3 is 2.31 bits per heavy atom. The fraction of sp³-hybridized carbons (Fsp3) is 0.364. The monoisotopic (exact) mass is 448 g/mol. The van der Waals surface area contributed by atoms with Gasteiger partial charge in [0, 0.05) is 11.6 Å². The molecule has 7 nitrogen and oxygen atoms in total. The molecule has 1 atom stereocenters. The van der Waals surface area contributed by atoms with E-state index in [9.17, 15) is 18.3 Å². The molecular weight excluding hydrogens is 425 g/mol. The molecule has 10 heteroatoms. The topological polar surface area (TPSA) is 90.3 Å². The number of halogens is 3. The van der Waals surface area contributed by atoms with Gasteiger partial charge in [-0.1, -0.05) is 26.8 Å². The Balaban J connectivity index is 2.01. The van der Waals surface area contributed by atoms with Gasteiger partial charge < -0.3 is 14.6 Å². The van der Waals surface area contributed by atoms with Crippen molar-refractivity contribution in [2.24, 2.45) is 5.41 Å². The fourth-order valence-electron chi connectivity index (χ4n) is 3.22. The smallest absolute Gasteiger partial charge is 0.422 e. The van der Waals surface area contributed by atoms with Crippen LogP contribution in [0, 0.1) is 5.41 Å². The van der Waals surface area contributed by atoms with Crippen LogP contribution in [-0.4, -0.2) is 44.9 Å². The maximum Gasteiger partial charge on any atom is 0.422 e. The summed E-state index contributed by atoms with van der Waals surface area (Å²) >= 11 is 0. The summed E-state index contributed by atoms with van der Waals surface area (Å²) in [7, 11) is 1.45. The highest BCUT2D eigenvalue weighted by atomic mass is 19.4. The zero-order valence-electron chi connectivity index (χ0n) is 18.0. The van der Waals surface area contributed by atoms with Gasteiger partial charge in [-0.2, -0.15) is 13.2 Å². The number of methoxy groups -OCH3 is 1. The maximum atomic E-state index is 12.3. The van der Waals surface area contributed by atoms with Crippen LogP contribution in [0.4, 0.5) is 13.2 Å². The van der Waals surface area contributed by atoms with Gasteiger partial charge >= 0.3 is 6.18 Å². The lowest BCUT2D eigenvalue weighted by molar-refractivity contribution is -0.153. The van der Waals surface area contributed by atoms with Gasteiger partial charge in [0.05, 0.1) is 36.0 Å². The number of hydrogen-bond donors (Lipinski definition) is 1. The highest BCUT2D eigenvalue weighted by Crippen LogP contribution is 2.46. The first-order chi connectivity index (χ1) is 15.0. The number of rotatable bonds is 6. The summed E-state index contributed by atoms with van der Waals surface area (Å²) in [5, 5.41) is 11.9. The van der Waals surface area contributed by atoms with Crippen LogP contribution in [0.25, 0.3) is 11.4 Å². The molecule has 0 aliphatic heterocycles. The van der Waals surface area contributed by atoms with Crippen LogP contribution in [0.2, 0.25) is 0 Å². The van der Waals surface area contributed by atoms with E-state index in [0.29, 0.717) is 22.6 Å². The van der Waals surface area contributed by atoms with Crippen molar-refractivity contribution >= 4 is 0 Å². The lowest BCUT2D eigenvalue weighted by Gasteiger charge is -2.40. The molecule has 170 valence electrons. The van der Waals surface area contributed by atoms with Gasteiger partial charge in [0.2, 0.25) is 5.88 Å². The number of pyridine rings is 2. The predicted molar refractivity (Wildman–Crippen MR) is 110 cm³/mol. The molecule has 32 heavy (non-hydrogen) atoms. The molecule has 0 saturated carbocycles. The third-order valence-electron chi connectivity index (χ3n) is 4.87. The first-order valence-electron chi connectivity index (χ1n) is 9.66. The van der Waals surface area contributed by atoms with Crippen molar-refractivity contribution in [3.63, 3.8) is 0 Å². The fourth-order valence-corrected chi connectivity index (χ4v) is 3.22. The summed E-state index contributed by atoms with van der Waals surface area (Å²) in [6, 6.07) is 7.94. The Kier molecular flexibility index (Phi) is 6.36. The van der Waals surface area contributed by atoms with Crippen molar-refractivity contribution in [1.29, 1.82) is 0 Å². The van der Waals surface area contributed by atoms with Crippen molar-refractivity contribution < 1.29 is 27.8 Å². The summed E-state index contributed by atoms with van der Waals surface area (Å²) in [5.41, 5.74) is -0.870. The average molecular weight is 448 g/mol. The van der Waals surface area contributed by atoms with Crippen LogP contribution in [0.15, 0.2) is 49.1 Å². The number of aliphatic hydroxyl groups is 1. The standard InChI is InChI=1S/C22H23F3N4O3/c1-20(2,3)22(30,15-11-26-13-28-19(15)31-4)18-7-5-6-17(29-18)16-9-8-14(10-27-16)32-12-21(23,24)25/h5-11,13,30H,12H2,1-4H3. The van der Waals surface area contributed by atoms with Crippen LogP contribution >= 0.6 is 0 Å². The summed E-state index contributed by atoms with van der Waals surface area (Å²) in [5.74, 6) is 0.202. The third-order valence-corrected chi connectivity index (χ3v) is 4.87. The lowest BCUT2D eigenvalue weighted by atomic mass is 9.70. The molecule has 0 aromatic carbocycles. The van der Waals surface area contributed by atoms with Gasteiger partial charge in [0.15, 0.2) is 6.61 Å². The normalized spacial score (nSPS) is 14.0. The summed E-state index contributed by atoms with van der Waals surface area (Å²) in [6.07, 6.45) is -0.439. The zero-order chi connectivity index (χ0) is 23.6. The molecule has 3 rings (SSSR count). The number of ether oxygens (including phenoxy) is 2. The van der Waals surface area contributed by atoms with Crippen LogP contribution in [-0.2, 0) is 5.60 Å². The van der Waals surface area contributed by atoms with E-state index in [1.807, 2.05) is 20.8 Å². The molecule has 1 unspecified atom stereocenters. The van der Waals surface area contributed by atoms with E-state index in [1.165, 1.54) is 38.0 Å². The summed E-state index contributed by atoms with van der Waals surface area (Å²) < 4.78 is 47.0. The number of hydrogen-bond acceptors (Lipinski definition) is 7. The minimum absolute atomic E-state index is 0.0143. The Hall–Kier alpha value is -3.27. The number of aromatic nitrogens is 4. The highest BCUT2D eigenvalue weighted by Gasteiger charge is 2.47. The second kappa shape index (κ2) is 8.70. The predicted octanol–water partition coefficient (Wildman–Crippen LogP) is 4.17. The molecule has 0 fully saturated rings. The molecule has 3 heterocycles. The summed E-state index contributed by atoms with van der Waals surface area (Å²) in [6.45, 7) is 4.14. The average Bonchev–Trinajstić information content (AvgIpc) is 2.76. The van der Waals surface area contributed by atoms with Crippen molar-refractivity contribution in [2.75, 3.05) is 13.7 Å². The Morgan fingerprint density at radius 2 is 1.72 bits per heavy atom. The van der Waals surface area contributed by atoms with Crippen molar-refractivity contribution in [3.8, 4) is 23.0 Å². The molecular formula is C22H23F3N4O3. The first kappa shape index (κ1) is 23.4. The van der Waals surface area contributed by atoms with Gasteiger partial charge in [-0.25, -0.2) is 15.0 Å². The van der Waals surface area contributed by atoms with Gasteiger partial charge in [-0.15, -0.1) is 0 Å². The quantitative estimate of drug-likeness (QED) is 0.605.